The fourth-order valence-corrected chi connectivity index (χ4v) is 5.33. The van der Waals surface area contributed by atoms with E-state index in [1.54, 1.807) is 6.92 Å². The summed E-state index contributed by atoms with van der Waals surface area (Å²) >= 11 is 1.53. The summed E-state index contributed by atoms with van der Waals surface area (Å²) in [4.78, 5) is 16.5. The van der Waals surface area contributed by atoms with Crippen molar-refractivity contribution in [3.63, 3.8) is 0 Å². The highest BCUT2D eigenvalue weighted by Crippen LogP contribution is 2.31. The predicted octanol–water partition coefficient (Wildman–Crippen LogP) is 2.79. The number of carbonyl (C=O) groups excluding carboxylic acids is 1. The van der Waals surface area contributed by atoms with Gasteiger partial charge in [-0.05, 0) is 23.8 Å². The van der Waals surface area contributed by atoms with Crippen LogP contribution in [0.15, 0.2) is 58.2 Å². The minimum absolute atomic E-state index is 0.256. The molecule has 0 aliphatic carbocycles. The maximum absolute atomic E-state index is 12.6. The number of nitrogens with one attached hydrogen (secondary N) is 1. The molecular weight excluding hydrogens is 368 g/mol. The molecule has 2 atom stereocenters. The Hall–Kier alpha value is -2.12. The summed E-state index contributed by atoms with van der Waals surface area (Å²) in [6, 6.07) is 13.7. The highest BCUT2D eigenvalue weighted by Gasteiger charge is 2.32. The normalized spacial score (nSPS) is 25.2. The van der Waals surface area contributed by atoms with Gasteiger partial charge >= 0.3 is 5.97 Å². The van der Waals surface area contributed by atoms with Crippen molar-refractivity contribution in [2.24, 2.45) is 4.99 Å². The van der Waals surface area contributed by atoms with Crippen LogP contribution in [0, 0.1) is 0 Å². The molecule has 0 amide bonds. The number of esters is 1. The monoisotopic (exact) mass is 386 g/mol. The van der Waals surface area contributed by atoms with E-state index < -0.39 is 10.8 Å². The Morgan fingerprint density at radius 2 is 2.12 bits per heavy atom. The van der Waals surface area contributed by atoms with Gasteiger partial charge in [0.15, 0.2) is 0 Å². The minimum Gasteiger partial charge on any atom is -0.464 e. The topological polar surface area (TPSA) is 67.8 Å². The molecular formula is C19H18N2O3S2. The summed E-state index contributed by atoms with van der Waals surface area (Å²) in [6.45, 7) is 2.15. The zero-order valence-corrected chi connectivity index (χ0v) is 15.9. The number of benzene rings is 2. The van der Waals surface area contributed by atoms with Crippen molar-refractivity contribution in [1.82, 2.24) is 5.32 Å². The summed E-state index contributed by atoms with van der Waals surface area (Å²) in [7, 11) is -1.18. The summed E-state index contributed by atoms with van der Waals surface area (Å²) in [5.41, 5.74) is 1.63. The van der Waals surface area contributed by atoms with Gasteiger partial charge in [-0.3, -0.25) is 4.21 Å². The van der Waals surface area contributed by atoms with Gasteiger partial charge < -0.3 is 10.1 Å². The molecule has 0 aromatic heterocycles. The third-order valence-corrected chi connectivity index (χ3v) is 6.69. The van der Waals surface area contributed by atoms with Crippen LogP contribution in [-0.2, 0) is 20.3 Å². The molecule has 7 heteroatoms. The van der Waals surface area contributed by atoms with Gasteiger partial charge in [-0.15, -0.1) is 11.8 Å². The largest absolute Gasteiger partial charge is 0.464 e. The van der Waals surface area contributed by atoms with E-state index in [-0.39, 0.29) is 12.0 Å². The summed E-state index contributed by atoms with van der Waals surface area (Å²) < 4.78 is 17.7. The van der Waals surface area contributed by atoms with Crippen LogP contribution in [0.5, 0.6) is 0 Å². The van der Waals surface area contributed by atoms with Crippen LogP contribution in [0.1, 0.15) is 12.5 Å². The van der Waals surface area contributed by atoms with Crippen molar-refractivity contribution < 1.29 is 13.7 Å². The van der Waals surface area contributed by atoms with Gasteiger partial charge in [0.1, 0.15) is 11.1 Å². The quantitative estimate of drug-likeness (QED) is 0.822. The van der Waals surface area contributed by atoms with Gasteiger partial charge in [0.25, 0.3) is 0 Å². The molecule has 0 saturated carbocycles. The summed E-state index contributed by atoms with van der Waals surface area (Å²) in [5.74, 6) is 0.714. The average molecular weight is 386 g/mol. The number of fused-ring (bicyclic) bond motifs is 1. The number of hydrogen-bond donors (Lipinski definition) is 1. The highest BCUT2D eigenvalue weighted by atomic mass is 32.2. The molecule has 134 valence electrons. The van der Waals surface area contributed by atoms with E-state index in [0.717, 1.165) is 27.1 Å². The lowest BCUT2D eigenvalue weighted by Gasteiger charge is -2.08. The second-order valence-corrected chi connectivity index (χ2v) is 8.40. The van der Waals surface area contributed by atoms with Gasteiger partial charge in [-0.25, -0.2) is 9.79 Å². The maximum atomic E-state index is 12.6. The third kappa shape index (κ3) is 3.29. The Labute approximate surface area is 158 Å². The molecule has 1 saturated heterocycles. The molecule has 2 aliphatic heterocycles. The fraction of sp³-hybridized carbons (Fsp3) is 0.263. The number of aliphatic imine (C=N–C) groups is 1. The fourth-order valence-electron chi connectivity index (χ4n) is 2.98. The zero-order valence-electron chi connectivity index (χ0n) is 14.2. The van der Waals surface area contributed by atoms with Crippen molar-refractivity contribution in [3.8, 4) is 0 Å². The van der Waals surface area contributed by atoms with Gasteiger partial charge in [-0.2, -0.15) is 0 Å². The van der Waals surface area contributed by atoms with E-state index in [1.165, 1.54) is 11.8 Å². The molecule has 5 nitrogen and oxygen atoms in total. The lowest BCUT2D eigenvalue weighted by Crippen LogP contribution is -2.34. The van der Waals surface area contributed by atoms with Gasteiger partial charge in [0.05, 0.1) is 33.9 Å². The zero-order chi connectivity index (χ0) is 18.1. The van der Waals surface area contributed by atoms with Crippen molar-refractivity contribution in [3.05, 3.63) is 58.8 Å². The number of ether oxygens (including phenoxy) is 1. The molecule has 0 radical (unpaired) electrons. The summed E-state index contributed by atoms with van der Waals surface area (Å²) in [5, 5.41) is 6.83. The van der Waals surface area contributed by atoms with E-state index in [4.69, 9.17) is 4.74 Å². The first kappa shape index (κ1) is 17.3. The molecule has 0 bridgehead atoms. The van der Waals surface area contributed by atoms with Gasteiger partial charge in [0.2, 0.25) is 0 Å². The Morgan fingerprint density at radius 1 is 1.31 bits per heavy atom. The highest BCUT2D eigenvalue weighted by molar-refractivity contribution is 8.03. The smallest absolute Gasteiger partial charge is 0.329 e. The van der Waals surface area contributed by atoms with Crippen molar-refractivity contribution in [2.45, 2.75) is 13.0 Å². The molecule has 2 aromatic carbocycles. The molecule has 4 rings (SSSR count). The van der Waals surface area contributed by atoms with Crippen LogP contribution >= 0.6 is 11.8 Å². The van der Waals surface area contributed by atoms with Crippen LogP contribution < -0.4 is 5.32 Å². The maximum Gasteiger partial charge on any atom is 0.329 e. The first-order valence-corrected chi connectivity index (χ1v) is 10.7. The molecule has 2 aromatic rings. The predicted molar refractivity (Wildman–Crippen MR) is 107 cm³/mol. The van der Waals surface area contributed by atoms with Crippen molar-refractivity contribution in [1.29, 1.82) is 0 Å². The van der Waals surface area contributed by atoms with Gasteiger partial charge in [-0.1, -0.05) is 36.4 Å². The van der Waals surface area contributed by atoms with E-state index in [1.807, 2.05) is 36.4 Å². The Kier molecular flexibility index (Phi) is 4.82. The Bertz CT molecular complexity index is 968. The third-order valence-electron chi connectivity index (χ3n) is 4.25. The lowest BCUT2D eigenvalue weighted by atomic mass is 10.1. The summed E-state index contributed by atoms with van der Waals surface area (Å²) in [6.07, 6.45) is 0. The molecule has 0 spiro atoms. The molecule has 2 heterocycles. The average Bonchev–Trinajstić information content (AvgIpc) is 3.28. The first-order valence-electron chi connectivity index (χ1n) is 8.41. The molecule has 1 unspecified atom stereocenters. The standard InChI is InChI=1S/C19H18N2O3S2/c1-2-24-19(22)15-10-25-17(20-15)16-11-26(23)18(21-16)14-8-7-12-5-3-4-6-13(12)9-14/h3-9,15,20H,2,10-11H2,1H3/b17-16-/t15-,26?/m0/s1. The van der Waals surface area contributed by atoms with Crippen LogP contribution in [0.2, 0.25) is 0 Å². The van der Waals surface area contributed by atoms with Gasteiger partial charge in [0, 0.05) is 11.3 Å². The molecule has 2 aliphatic rings. The van der Waals surface area contributed by atoms with E-state index in [9.17, 15) is 9.00 Å². The number of carbonyl (C=O) groups is 1. The molecule has 26 heavy (non-hydrogen) atoms. The van der Waals surface area contributed by atoms with E-state index in [0.29, 0.717) is 23.2 Å². The molecule has 1 N–H and O–H groups in total. The Balaban J connectivity index is 1.62. The number of rotatable bonds is 3. The first-order chi connectivity index (χ1) is 12.7. The van der Waals surface area contributed by atoms with Crippen molar-refractivity contribution >= 4 is 44.3 Å². The lowest BCUT2D eigenvalue weighted by molar-refractivity contribution is -0.144. The second-order valence-electron chi connectivity index (χ2n) is 6.00. The number of nitrogens with zero attached hydrogens (tertiary/aromatic N) is 1. The van der Waals surface area contributed by atoms with E-state index >= 15 is 0 Å². The van der Waals surface area contributed by atoms with Crippen LogP contribution in [-0.4, -0.2) is 39.4 Å². The van der Waals surface area contributed by atoms with E-state index in [2.05, 4.69) is 16.4 Å². The second kappa shape index (κ2) is 7.25. The number of thioether (sulfide) groups is 1. The minimum atomic E-state index is -1.18. The van der Waals surface area contributed by atoms with Crippen LogP contribution in [0.3, 0.4) is 0 Å². The molecule has 1 fully saturated rings. The van der Waals surface area contributed by atoms with Crippen LogP contribution in [0.4, 0.5) is 0 Å². The van der Waals surface area contributed by atoms with Crippen LogP contribution in [0.25, 0.3) is 10.8 Å². The SMILES string of the molecule is CCOC(=O)[C@@H]1CS/C(=C2/CS(=O)C(c3ccc4ccccc4c3)=N2)N1. The van der Waals surface area contributed by atoms with Crippen molar-refractivity contribution in [2.75, 3.05) is 18.1 Å². The number of hydrogen-bond acceptors (Lipinski definition) is 6. The Morgan fingerprint density at radius 3 is 2.92 bits per heavy atom.